The number of carbonyl (C=O) groups is 3. The van der Waals surface area contributed by atoms with Crippen molar-refractivity contribution in [2.45, 2.75) is 27.3 Å². The quantitative estimate of drug-likeness (QED) is 0.741. The first-order valence-corrected chi connectivity index (χ1v) is 8.09. The van der Waals surface area contributed by atoms with Crippen LogP contribution in [0.25, 0.3) is 0 Å². The molecule has 2 aromatic rings. The van der Waals surface area contributed by atoms with Crippen LogP contribution in [0.2, 0.25) is 0 Å². The Morgan fingerprint density at radius 1 is 1.15 bits per heavy atom. The highest BCUT2D eigenvalue weighted by atomic mass is 16.5. The van der Waals surface area contributed by atoms with E-state index in [0.29, 0.717) is 34.8 Å². The highest BCUT2D eigenvalue weighted by Gasteiger charge is 2.22. The van der Waals surface area contributed by atoms with Crippen LogP contribution >= 0.6 is 0 Å². The number of carboxylic acids is 1. The number of H-pyrrole nitrogens is 1. The molecule has 0 saturated heterocycles. The number of hydrogen-bond acceptors (Lipinski definition) is 4. The Bertz CT molecular complexity index is 836. The molecule has 0 aliphatic heterocycles. The second-order valence-electron chi connectivity index (χ2n) is 6.17. The number of rotatable bonds is 7. The fourth-order valence-corrected chi connectivity index (χ4v) is 2.86. The van der Waals surface area contributed by atoms with Gasteiger partial charge in [-0.25, -0.2) is 4.79 Å². The monoisotopic (exact) mass is 358 g/mol. The van der Waals surface area contributed by atoms with Crippen LogP contribution in [0.3, 0.4) is 0 Å². The smallest absolute Gasteiger partial charge is 0.341 e. The number of aryl methyl sites for hydroxylation is 1. The number of ketones is 1. The van der Waals surface area contributed by atoms with Crippen LogP contribution in [0.15, 0.2) is 24.3 Å². The zero-order valence-corrected chi connectivity index (χ0v) is 15.3. The second-order valence-corrected chi connectivity index (χ2v) is 6.17. The molecule has 0 aliphatic carbocycles. The van der Waals surface area contributed by atoms with Crippen molar-refractivity contribution in [2.75, 3.05) is 13.7 Å². The number of carbonyl (C=O) groups excluding carboxylic acids is 2. The Morgan fingerprint density at radius 2 is 1.77 bits per heavy atom. The summed E-state index contributed by atoms with van der Waals surface area (Å²) >= 11 is 0. The Hall–Kier alpha value is -3.09. The summed E-state index contributed by atoms with van der Waals surface area (Å²) in [5, 5.41) is 8.60. The Morgan fingerprint density at radius 3 is 2.27 bits per heavy atom. The molecule has 26 heavy (non-hydrogen) atoms. The number of aromatic amines is 1. The maximum Gasteiger partial charge on any atom is 0.341 e. The van der Waals surface area contributed by atoms with E-state index in [0.717, 1.165) is 5.56 Å². The maximum atomic E-state index is 12.7. The fraction of sp³-hybridized carbons (Fsp3) is 0.316. The molecule has 7 heteroatoms. The van der Waals surface area contributed by atoms with Gasteiger partial charge in [-0.3, -0.25) is 9.59 Å². The average molecular weight is 358 g/mol. The van der Waals surface area contributed by atoms with Crippen molar-refractivity contribution in [2.24, 2.45) is 0 Å². The largest absolute Gasteiger partial charge is 0.482 e. The van der Waals surface area contributed by atoms with Gasteiger partial charge in [-0.1, -0.05) is 12.1 Å². The van der Waals surface area contributed by atoms with Gasteiger partial charge >= 0.3 is 5.97 Å². The average Bonchev–Trinajstić information content (AvgIpc) is 2.87. The molecular formula is C19H22N2O5. The van der Waals surface area contributed by atoms with Crippen LogP contribution in [0.4, 0.5) is 0 Å². The molecule has 0 spiro atoms. The van der Waals surface area contributed by atoms with Gasteiger partial charge in [-0.15, -0.1) is 0 Å². The van der Waals surface area contributed by atoms with Crippen molar-refractivity contribution in [1.82, 2.24) is 9.88 Å². The molecule has 0 aliphatic rings. The van der Waals surface area contributed by atoms with Gasteiger partial charge in [0.2, 0.25) is 0 Å². The van der Waals surface area contributed by atoms with Gasteiger partial charge in [0, 0.05) is 24.8 Å². The fourth-order valence-electron chi connectivity index (χ4n) is 2.86. The summed E-state index contributed by atoms with van der Waals surface area (Å²) < 4.78 is 5.08. The molecule has 0 fully saturated rings. The zero-order chi connectivity index (χ0) is 19.4. The van der Waals surface area contributed by atoms with Gasteiger partial charge in [0.25, 0.3) is 5.91 Å². The third-order valence-corrected chi connectivity index (χ3v) is 4.06. The number of Topliss-reactive ketones (excluding diaryl/α,β-unsaturated/α-hetero) is 1. The van der Waals surface area contributed by atoms with E-state index in [1.54, 1.807) is 50.1 Å². The molecule has 1 aromatic carbocycles. The number of carboxylic acid groups (broad SMARTS) is 1. The lowest BCUT2D eigenvalue weighted by atomic mass is 10.1. The molecule has 2 rings (SSSR count). The number of nitrogens with one attached hydrogen (secondary N) is 1. The summed E-state index contributed by atoms with van der Waals surface area (Å²) in [5.41, 5.74) is 3.19. The van der Waals surface area contributed by atoms with E-state index in [1.165, 1.54) is 6.92 Å². The van der Waals surface area contributed by atoms with Crippen molar-refractivity contribution in [1.29, 1.82) is 0 Å². The minimum absolute atomic E-state index is 0.0742. The lowest BCUT2D eigenvalue weighted by molar-refractivity contribution is -0.139. The van der Waals surface area contributed by atoms with Crippen molar-refractivity contribution in [3.63, 3.8) is 0 Å². The molecular weight excluding hydrogens is 336 g/mol. The van der Waals surface area contributed by atoms with Crippen LogP contribution in [0.1, 0.15) is 44.6 Å². The Labute approximate surface area is 151 Å². The predicted octanol–water partition coefficient (Wildman–Crippen LogP) is 2.57. The number of amides is 1. The van der Waals surface area contributed by atoms with E-state index in [-0.39, 0.29) is 11.7 Å². The number of benzene rings is 1. The molecule has 1 heterocycles. The van der Waals surface area contributed by atoms with Crippen molar-refractivity contribution in [3.05, 3.63) is 52.3 Å². The van der Waals surface area contributed by atoms with Crippen LogP contribution in [0, 0.1) is 13.8 Å². The molecule has 2 N–H and O–H groups in total. The summed E-state index contributed by atoms with van der Waals surface area (Å²) in [7, 11) is 1.68. The first kappa shape index (κ1) is 19.2. The summed E-state index contributed by atoms with van der Waals surface area (Å²) in [5.74, 6) is -0.868. The van der Waals surface area contributed by atoms with E-state index >= 15 is 0 Å². The van der Waals surface area contributed by atoms with Gasteiger partial charge < -0.3 is 19.7 Å². The summed E-state index contributed by atoms with van der Waals surface area (Å²) in [6.45, 7) is 4.98. The van der Waals surface area contributed by atoms with Crippen LogP contribution < -0.4 is 4.74 Å². The second kappa shape index (κ2) is 7.86. The molecule has 138 valence electrons. The highest BCUT2D eigenvalue weighted by molar-refractivity contribution is 6.02. The summed E-state index contributed by atoms with van der Waals surface area (Å²) in [6.07, 6.45) is 0. The van der Waals surface area contributed by atoms with Gasteiger partial charge in [0.1, 0.15) is 11.4 Å². The van der Waals surface area contributed by atoms with Gasteiger partial charge in [-0.2, -0.15) is 0 Å². The molecule has 1 amide bonds. The number of aliphatic carboxylic acids is 1. The zero-order valence-electron chi connectivity index (χ0n) is 15.3. The Balaban J connectivity index is 2.09. The summed E-state index contributed by atoms with van der Waals surface area (Å²) in [4.78, 5) is 39.5. The van der Waals surface area contributed by atoms with Crippen molar-refractivity contribution >= 4 is 17.7 Å². The van der Waals surface area contributed by atoms with Crippen LogP contribution in [0.5, 0.6) is 5.75 Å². The minimum atomic E-state index is -1.04. The molecule has 0 radical (unpaired) electrons. The van der Waals surface area contributed by atoms with E-state index in [1.807, 2.05) is 0 Å². The lowest BCUT2D eigenvalue weighted by Crippen LogP contribution is -2.27. The van der Waals surface area contributed by atoms with E-state index < -0.39 is 12.6 Å². The van der Waals surface area contributed by atoms with E-state index in [9.17, 15) is 14.4 Å². The first-order chi connectivity index (χ1) is 12.2. The predicted molar refractivity (Wildman–Crippen MR) is 95.6 cm³/mol. The van der Waals surface area contributed by atoms with Gasteiger partial charge in [0.15, 0.2) is 12.4 Å². The summed E-state index contributed by atoms with van der Waals surface area (Å²) in [6, 6.07) is 6.87. The van der Waals surface area contributed by atoms with Crippen molar-refractivity contribution < 1.29 is 24.2 Å². The SMILES string of the molecule is CC(=O)c1c(C)[nH]c(C(=O)N(C)Cc2ccc(OCC(=O)O)cc2)c1C. The molecule has 7 nitrogen and oxygen atoms in total. The molecule has 1 aromatic heterocycles. The van der Waals surface area contributed by atoms with Crippen molar-refractivity contribution in [3.8, 4) is 5.75 Å². The highest BCUT2D eigenvalue weighted by Crippen LogP contribution is 2.20. The van der Waals surface area contributed by atoms with Gasteiger partial charge in [-0.05, 0) is 44.0 Å². The number of aromatic nitrogens is 1. The third kappa shape index (κ3) is 4.30. The molecule has 0 atom stereocenters. The maximum absolute atomic E-state index is 12.7. The lowest BCUT2D eigenvalue weighted by Gasteiger charge is -2.17. The topological polar surface area (TPSA) is 99.7 Å². The number of nitrogens with zero attached hydrogens (tertiary/aromatic N) is 1. The number of ether oxygens (including phenoxy) is 1. The minimum Gasteiger partial charge on any atom is -0.482 e. The number of hydrogen-bond donors (Lipinski definition) is 2. The Kier molecular flexibility index (Phi) is 5.82. The molecule has 0 unspecified atom stereocenters. The standard InChI is InChI=1S/C19H22N2O5/c1-11-17(13(3)22)12(2)20-18(11)19(25)21(4)9-14-5-7-15(8-6-14)26-10-16(23)24/h5-8,20H,9-10H2,1-4H3,(H,23,24). The molecule has 0 bridgehead atoms. The normalized spacial score (nSPS) is 10.5. The van der Waals surface area contributed by atoms with Gasteiger partial charge in [0.05, 0.1) is 0 Å². The van der Waals surface area contributed by atoms with E-state index in [2.05, 4.69) is 4.98 Å². The third-order valence-electron chi connectivity index (χ3n) is 4.06. The molecule has 0 saturated carbocycles. The van der Waals surface area contributed by atoms with E-state index in [4.69, 9.17) is 9.84 Å². The van der Waals surface area contributed by atoms with Crippen LogP contribution in [-0.2, 0) is 11.3 Å². The van der Waals surface area contributed by atoms with Crippen LogP contribution in [-0.4, -0.2) is 46.3 Å². The first-order valence-electron chi connectivity index (χ1n) is 8.09.